The molecule has 1 aliphatic heterocycles. The molecule has 0 fully saturated rings. The standard InChI is InChI=1S/C17H13N5O4/c1-8-13(26-9(2)23)6-22-14(8)15(18-7-19-22)20-10-3-4-11-12(5-10)17(25)21-16(11)24/h3-7H,1-2H3,(H,18,19,20)(H,21,24,25). The predicted octanol–water partition coefficient (Wildman–Crippen LogP) is 1.59. The average molecular weight is 351 g/mol. The van der Waals surface area contributed by atoms with E-state index >= 15 is 0 Å². The van der Waals surface area contributed by atoms with Crippen molar-refractivity contribution in [3.8, 4) is 5.75 Å². The molecule has 3 heterocycles. The number of carbonyl (C=O) groups is 3. The fourth-order valence-electron chi connectivity index (χ4n) is 2.87. The second kappa shape index (κ2) is 5.66. The number of esters is 1. The molecule has 4 rings (SSSR count). The molecule has 0 radical (unpaired) electrons. The van der Waals surface area contributed by atoms with E-state index in [4.69, 9.17) is 4.74 Å². The molecular formula is C17H13N5O4. The predicted molar refractivity (Wildman–Crippen MR) is 90.6 cm³/mol. The Hall–Kier alpha value is -3.75. The first kappa shape index (κ1) is 15.8. The van der Waals surface area contributed by atoms with E-state index < -0.39 is 17.8 Å². The summed E-state index contributed by atoms with van der Waals surface area (Å²) in [5.74, 6) is -0.409. The number of nitrogens with zero attached hydrogens (tertiary/aromatic N) is 3. The van der Waals surface area contributed by atoms with E-state index in [0.29, 0.717) is 39.5 Å². The highest BCUT2D eigenvalue weighted by Crippen LogP contribution is 2.30. The van der Waals surface area contributed by atoms with Gasteiger partial charge in [-0.1, -0.05) is 0 Å². The summed E-state index contributed by atoms with van der Waals surface area (Å²) in [5.41, 5.74) is 2.55. The van der Waals surface area contributed by atoms with Crippen LogP contribution in [0.5, 0.6) is 5.75 Å². The molecule has 0 saturated heterocycles. The molecule has 0 bridgehead atoms. The molecule has 9 nitrogen and oxygen atoms in total. The Morgan fingerprint density at radius 3 is 2.77 bits per heavy atom. The normalized spacial score (nSPS) is 12.8. The van der Waals surface area contributed by atoms with Crippen LogP contribution in [0.1, 0.15) is 33.2 Å². The first-order valence-corrected chi connectivity index (χ1v) is 7.72. The molecule has 0 saturated carbocycles. The number of aryl methyl sites for hydroxylation is 1. The van der Waals surface area contributed by atoms with E-state index in [1.165, 1.54) is 13.3 Å². The van der Waals surface area contributed by atoms with Crippen LogP contribution < -0.4 is 15.4 Å². The summed E-state index contributed by atoms with van der Waals surface area (Å²) < 4.78 is 6.72. The van der Waals surface area contributed by atoms with Gasteiger partial charge in [-0.15, -0.1) is 0 Å². The van der Waals surface area contributed by atoms with Crippen LogP contribution in [-0.4, -0.2) is 32.4 Å². The number of anilines is 2. The lowest BCUT2D eigenvalue weighted by Gasteiger charge is -2.08. The number of ether oxygens (including phenoxy) is 1. The Balaban J connectivity index is 1.75. The zero-order valence-corrected chi connectivity index (χ0v) is 13.9. The molecule has 0 atom stereocenters. The van der Waals surface area contributed by atoms with Gasteiger partial charge < -0.3 is 10.1 Å². The van der Waals surface area contributed by atoms with Gasteiger partial charge in [0.2, 0.25) is 0 Å². The Morgan fingerprint density at radius 1 is 1.23 bits per heavy atom. The van der Waals surface area contributed by atoms with Crippen LogP contribution in [-0.2, 0) is 4.79 Å². The van der Waals surface area contributed by atoms with Gasteiger partial charge in [-0.05, 0) is 25.1 Å². The second-order valence-electron chi connectivity index (χ2n) is 5.78. The molecule has 9 heteroatoms. The number of fused-ring (bicyclic) bond motifs is 2. The summed E-state index contributed by atoms with van der Waals surface area (Å²) >= 11 is 0. The summed E-state index contributed by atoms with van der Waals surface area (Å²) in [6.45, 7) is 3.11. The molecule has 1 aromatic carbocycles. The molecule has 2 aromatic heterocycles. The van der Waals surface area contributed by atoms with E-state index in [-0.39, 0.29) is 0 Å². The van der Waals surface area contributed by atoms with Crippen molar-refractivity contribution in [3.05, 3.63) is 47.4 Å². The third-order valence-corrected chi connectivity index (χ3v) is 4.03. The van der Waals surface area contributed by atoms with Gasteiger partial charge in [-0.3, -0.25) is 19.7 Å². The van der Waals surface area contributed by atoms with Gasteiger partial charge in [0.15, 0.2) is 11.6 Å². The molecule has 2 N–H and O–H groups in total. The van der Waals surface area contributed by atoms with Gasteiger partial charge in [0, 0.05) is 18.2 Å². The number of carbonyl (C=O) groups excluding carboxylic acids is 3. The van der Waals surface area contributed by atoms with Gasteiger partial charge >= 0.3 is 5.97 Å². The first-order valence-electron chi connectivity index (χ1n) is 7.72. The van der Waals surface area contributed by atoms with E-state index in [2.05, 4.69) is 20.7 Å². The summed E-state index contributed by atoms with van der Waals surface area (Å²) in [6.07, 6.45) is 2.95. The minimum atomic E-state index is -0.433. The third kappa shape index (κ3) is 2.46. The lowest BCUT2D eigenvalue weighted by molar-refractivity contribution is -0.131. The fourth-order valence-corrected chi connectivity index (χ4v) is 2.87. The van der Waals surface area contributed by atoms with E-state index in [1.54, 1.807) is 35.8 Å². The lowest BCUT2D eigenvalue weighted by atomic mass is 10.1. The van der Waals surface area contributed by atoms with Crippen molar-refractivity contribution in [2.24, 2.45) is 0 Å². The highest BCUT2D eigenvalue weighted by atomic mass is 16.5. The van der Waals surface area contributed by atoms with Crippen LogP contribution in [0.15, 0.2) is 30.7 Å². The summed E-state index contributed by atoms with van der Waals surface area (Å²) in [6, 6.07) is 4.84. The Kier molecular flexibility index (Phi) is 3.43. The highest BCUT2D eigenvalue weighted by molar-refractivity contribution is 6.21. The zero-order valence-electron chi connectivity index (χ0n) is 13.9. The lowest BCUT2D eigenvalue weighted by Crippen LogP contribution is -2.19. The topological polar surface area (TPSA) is 115 Å². The van der Waals surface area contributed by atoms with Crippen molar-refractivity contribution in [1.82, 2.24) is 19.9 Å². The van der Waals surface area contributed by atoms with Gasteiger partial charge in [0.1, 0.15) is 11.8 Å². The van der Waals surface area contributed by atoms with Gasteiger partial charge in [-0.25, -0.2) is 9.50 Å². The van der Waals surface area contributed by atoms with E-state index in [9.17, 15) is 14.4 Å². The first-order chi connectivity index (χ1) is 12.4. The number of hydrogen-bond acceptors (Lipinski definition) is 7. The summed E-state index contributed by atoms with van der Waals surface area (Å²) in [4.78, 5) is 38.9. The fraction of sp³-hybridized carbons (Fsp3) is 0.118. The molecule has 26 heavy (non-hydrogen) atoms. The monoisotopic (exact) mass is 351 g/mol. The summed E-state index contributed by atoms with van der Waals surface area (Å²) in [7, 11) is 0. The minimum absolute atomic E-state index is 0.304. The molecule has 1 aliphatic rings. The maximum atomic E-state index is 11.8. The Labute approximate surface area is 147 Å². The number of rotatable bonds is 3. The van der Waals surface area contributed by atoms with Gasteiger partial charge in [0.05, 0.1) is 17.3 Å². The molecular weight excluding hydrogens is 338 g/mol. The van der Waals surface area contributed by atoms with E-state index in [0.717, 1.165) is 0 Å². The van der Waals surface area contributed by atoms with Gasteiger partial charge in [0.25, 0.3) is 11.8 Å². The SMILES string of the molecule is CC(=O)Oc1cn2ncnc(Nc3ccc4c(c3)C(=O)NC4=O)c2c1C. The maximum absolute atomic E-state index is 11.8. The van der Waals surface area contributed by atoms with Crippen LogP contribution in [0, 0.1) is 6.92 Å². The van der Waals surface area contributed by atoms with Crippen LogP contribution in [0.3, 0.4) is 0 Å². The van der Waals surface area contributed by atoms with Crippen molar-refractivity contribution >= 4 is 34.8 Å². The quantitative estimate of drug-likeness (QED) is 0.544. The minimum Gasteiger partial charge on any atom is -0.425 e. The number of benzene rings is 1. The van der Waals surface area contributed by atoms with E-state index in [1.807, 2.05) is 0 Å². The van der Waals surface area contributed by atoms with Crippen molar-refractivity contribution in [3.63, 3.8) is 0 Å². The second-order valence-corrected chi connectivity index (χ2v) is 5.78. The van der Waals surface area contributed by atoms with Crippen LogP contribution in [0.2, 0.25) is 0 Å². The van der Waals surface area contributed by atoms with Crippen LogP contribution in [0.25, 0.3) is 5.52 Å². The maximum Gasteiger partial charge on any atom is 0.308 e. The number of aromatic nitrogens is 3. The molecule has 0 aliphatic carbocycles. The number of hydrogen-bond donors (Lipinski definition) is 2. The number of amides is 2. The van der Waals surface area contributed by atoms with Crippen molar-refractivity contribution < 1.29 is 19.1 Å². The number of imide groups is 1. The van der Waals surface area contributed by atoms with Crippen molar-refractivity contribution in [2.75, 3.05) is 5.32 Å². The molecule has 0 unspecified atom stereocenters. The molecule has 3 aromatic rings. The van der Waals surface area contributed by atoms with Crippen LogP contribution in [0.4, 0.5) is 11.5 Å². The van der Waals surface area contributed by atoms with Crippen LogP contribution >= 0.6 is 0 Å². The average Bonchev–Trinajstić information content (AvgIpc) is 3.05. The summed E-state index contributed by atoms with van der Waals surface area (Å²) in [5, 5.41) is 9.48. The largest absolute Gasteiger partial charge is 0.425 e. The zero-order chi connectivity index (χ0) is 18.4. The third-order valence-electron chi connectivity index (χ3n) is 4.03. The number of nitrogens with one attached hydrogen (secondary N) is 2. The highest BCUT2D eigenvalue weighted by Gasteiger charge is 2.26. The Bertz CT molecular complexity index is 1100. The van der Waals surface area contributed by atoms with Crippen molar-refractivity contribution in [1.29, 1.82) is 0 Å². The Morgan fingerprint density at radius 2 is 2.00 bits per heavy atom. The molecule has 130 valence electrons. The van der Waals surface area contributed by atoms with Gasteiger partial charge in [-0.2, -0.15) is 5.10 Å². The molecule has 2 amide bonds. The van der Waals surface area contributed by atoms with Crippen molar-refractivity contribution in [2.45, 2.75) is 13.8 Å². The smallest absolute Gasteiger partial charge is 0.308 e. The molecule has 0 spiro atoms.